The molecule has 1 fully saturated rings. The highest BCUT2D eigenvalue weighted by Crippen LogP contribution is 2.31. The van der Waals surface area contributed by atoms with Gasteiger partial charge in [-0.25, -0.2) is 0 Å². The molecule has 124 valence electrons. The molecule has 1 aliphatic heterocycles. The van der Waals surface area contributed by atoms with Crippen molar-refractivity contribution >= 4 is 24.0 Å². The lowest BCUT2D eigenvalue weighted by Gasteiger charge is -2.36. The summed E-state index contributed by atoms with van der Waals surface area (Å²) in [5.41, 5.74) is 5.23. The van der Waals surface area contributed by atoms with Crippen LogP contribution >= 0.6 is 12.4 Å². The SMILES string of the molecule is Cl.NCCC(=O)N1CCN(c2cccc(C(F)(F)F)c2)CC1. The van der Waals surface area contributed by atoms with Gasteiger partial charge in [-0.1, -0.05) is 6.07 Å². The molecular weight excluding hydrogens is 319 g/mol. The molecule has 2 N–H and O–H groups in total. The van der Waals surface area contributed by atoms with Crippen LogP contribution in [0.2, 0.25) is 0 Å². The second kappa shape index (κ2) is 7.69. The smallest absolute Gasteiger partial charge is 0.368 e. The van der Waals surface area contributed by atoms with Crippen molar-refractivity contribution in [1.29, 1.82) is 0 Å². The molecule has 0 bridgehead atoms. The van der Waals surface area contributed by atoms with Crippen LogP contribution in [0.4, 0.5) is 18.9 Å². The molecule has 1 amide bonds. The average molecular weight is 338 g/mol. The van der Waals surface area contributed by atoms with Crippen molar-refractivity contribution in [2.24, 2.45) is 5.73 Å². The van der Waals surface area contributed by atoms with Crippen LogP contribution in [0.3, 0.4) is 0 Å². The van der Waals surface area contributed by atoms with Gasteiger partial charge >= 0.3 is 6.18 Å². The van der Waals surface area contributed by atoms with Crippen molar-refractivity contribution in [2.75, 3.05) is 37.6 Å². The van der Waals surface area contributed by atoms with Crippen LogP contribution in [-0.4, -0.2) is 43.5 Å². The minimum absolute atomic E-state index is 0. The lowest BCUT2D eigenvalue weighted by Crippen LogP contribution is -2.49. The first kappa shape index (κ1) is 18.6. The summed E-state index contributed by atoms with van der Waals surface area (Å²) in [5.74, 6) is 0.00110. The zero-order valence-electron chi connectivity index (χ0n) is 12.0. The van der Waals surface area contributed by atoms with Crippen molar-refractivity contribution in [1.82, 2.24) is 4.90 Å². The molecule has 0 radical (unpaired) electrons. The topological polar surface area (TPSA) is 49.6 Å². The highest BCUT2D eigenvalue weighted by molar-refractivity contribution is 5.85. The minimum Gasteiger partial charge on any atom is -0.368 e. The molecule has 1 aliphatic rings. The fourth-order valence-corrected chi connectivity index (χ4v) is 2.37. The summed E-state index contributed by atoms with van der Waals surface area (Å²) in [7, 11) is 0. The summed E-state index contributed by atoms with van der Waals surface area (Å²) in [6.07, 6.45) is -4.03. The Morgan fingerprint density at radius 1 is 1.18 bits per heavy atom. The maximum atomic E-state index is 12.7. The molecule has 0 aromatic heterocycles. The zero-order chi connectivity index (χ0) is 15.5. The Kier molecular flexibility index (Phi) is 6.49. The first-order valence-electron chi connectivity index (χ1n) is 6.82. The number of rotatable bonds is 3. The summed E-state index contributed by atoms with van der Waals surface area (Å²) in [4.78, 5) is 15.3. The van der Waals surface area contributed by atoms with E-state index in [1.807, 2.05) is 4.90 Å². The van der Waals surface area contributed by atoms with Crippen molar-refractivity contribution in [2.45, 2.75) is 12.6 Å². The number of nitrogens with two attached hydrogens (primary N) is 1. The highest BCUT2D eigenvalue weighted by atomic mass is 35.5. The maximum Gasteiger partial charge on any atom is 0.416 e. The average Bonchev–Trinajstić information content (AvgIpc) is 2.47. The van der Waals surface area contributed by atoms with Gasteiger partial charge in [0.05, 0.1) is 5.56 Å². The largest absolute Gasteiger partial charge is 0.416 e. The molecule has 8 heteroatoms. The third-order valence-corrected chi connectivity index (χ3v) is 3.53. The van der Waals surface area contributed by atoms with Gasteiger partial charge in [-0.2, -0.15) is 13.2 Å². The van der Waals surface area contributed by atoms with E-state index >= 15 is 0 Å². The van der Waals surface area contributed by atoms with Gasteiger partial charge in [0, 0.05) is 44.8 Å². The molecule has 1 aromatic rings. The predicted molar refractivity (Wildman–Crippen MR) is 81.2 cm³/mol. The molecule has 1 aromatic carbocycles. The Balaban J connectivity index is 0.00000242. The predicted octanol–water partition coefficient (Wildman–Crippen LogP) is 2.12. The maximum absolute atomic E-state index is 12.7. The van der Waals surface area contributed by atoms with Gasteiger partial charge in [0.25, 0.3) is 0 Å². The van der Waals surface area contributed by atoms with Crippen LogP contribution in [0.5, 0.6) is 0 Å². The van der Waals surface area contributed by atoms with E-state index in [4.69, 9.17) is 5.73 Å². The number of alkyl halides is 3. The zero-order valence-corrected chi connectivity index (χ0v) is 12.8. The van der Waals surface area contributed by atoms with Crippen LogP contribution in [0.1, 0.15) is 12.0 Å². The van der Waals surface area contributed by atoms with Crippen LogP contribution in [0.15, 0.2) is 24.3 Å². The number of hydrogen-bond acceptors (Lipinski definition) is 3. The Morgan fingerprint density at radius 2 is 1.82 bits per heavy atom. The van der Waals surface area contributed by atoms with Crippen molar-refractivity contribution < 1.29 is 18.0 Å². The lowest BCUT2D eigenvalue weighted by molar-refractivity contribution is -0.137. The van der Waals surface area contributed by atoms with Crippen LogP contribution in [0.25, 0.3) is 0 Å². The first-order valence-corrected chi connectivity index (χ1v) is 6.82. The molecule has 2 rings (SSSR count). The second-order valence-electron chi connectivity index (χ2n) is 4.95. The monoisotopic (exact) mass is 337 g/mol. The van der Waals surface area contributed by atoms with E-state index in [9.17, 15) is 18.0 Å². The minimum atomic E-state index is -4.34. The molecular formula is C14H19ClF3N3O. The summed E-state index contributed by atoms with van der Waals surface area (Å²) in [5, 5.41) is 0. The van der Waals surface area contributed by atoms with E-state index in [0.29, 0.717) is 44.8 Å². The summed E-state index contributed by atoms with van der Waals surface area (Å²) in [6.45, 7) is 2.38. The summed E-state index contributed by atoms with van der Waals surface area (Å²) >= 11 is 0. The van der Waals surface area contributed by atoms with E-state index in [1.54, 1.807) is 11.0 Å². The molecule has 0 spiro atoms. The fourth-order valence-electron chi connectivity index (χ4n) is 2.37. The summed E-state index contributed by atoms with van der Waals surface area (Å²) < 4.78 is 38.1. The van der Waals surface area contributed by atoms with Gasteiger partial charge in [0.2, 0.25) is 5.91 Å². The van der Waals surface area contributed by atoms with Crippen LogP contribution in [0, 0.1) is 0 Å². The number of anilines is 1. The number of piperazine rings is 1. The quantitative estimate of drug-likeness (QED) is 0.919. The standard InChI is InChI=1S/C14H18F3N3O.ClH/c15-14(16,17)11-2-1-3-12(10-11)19-6-8-20(9-7-19)13(21)4-5-18;/h1-3,10H,4-9,18H2;1H. The summed E-state index contributed by atoms with van der Waals surface area (Å²) in [6, 6.07) is 5.28. The van der Waals surface area contributed by atoms with E-state index in [0.717, 1.165) is 12.1 Å². The van der Waals surface area contributed by atoms with E-state index in [2.05, 4.69) is 0 Å². The van der Waals surface area contributed by atoms with Crippen molar-refractivity contribution in [3.8, 4) is 0 Å². The van der Waals surface area contributed by atoms with Gasteiger partial charge in [-0.05, 0) is 18.2 Å². The molecule has 22 heavy (non-hydrogen) atoms. The number of carbonyl (C=O) groups is 1. The Labute approximate surface area is 133 Å². The Hall–Kier alpha value is -1.47. The highest BCUT2D eigenvalue weighted by Gasteiger charge is 2.31. The van der Waals surface area contributed by atoms with Gasteiger partial charge in [-0.3, -0.25) is 4.79 Å². The molecule has 1 heterocycles. The number of amides is 1. The normalized spacial score (nSPS) is 15.5. The molecule has 0 unspecified atom stereocenters. The number of benzene rings is 1. The number of carbonyl (C=O) groups excluding carboxylic acids is 1. The van der Waals surface area contributed by atoms with Crippen molar-refractivity contribution in [3.05, 3.63) is 29.8 Å². The number of nitrogens with zero attached hydrogens (tertiary/aromatic N) is 2. The van der Waals surface area contributed by atoms with Gasteiger partial charge in [0.1, 0.15) is 0 Å². The van der Waals surface area contributed by atoms with Crippen LogP contribution < -0.4 is 10.6 Å². The van der Waals surface area contributed by atoms with Gasteiger partial charge in [-0.15, -0.1) is 12.4 Å². The van der Waals surface area contributed by atoms with E-state index in [-0.39, 0.29) is 18.3 Å². The van der Waals surface area contributed by atoms with Gasteiger partial charge in [0.15, 0.2) is 0 Å². The molecule has 0 atom stereocenters. The van der Waals surface area contributed by atoms with Crippen LogP contribution in [-0.2, 0) is 11.0 Å². The third kappa shape index (κ3) is 4.51. The first-order chi connectivity index (χ1) is 9.91. The fraction of sp³-hybridized carbons (Fsp3) is 0.500. The second-order valence-corrected chi connectivity index (χ2v) is 4.95. The third-order valence-electron chi connectivity index (χ3n) is 3.53. The van der Waals surface area contributed by atoms with Gasteiger partial charge < -0.3 is 15.5 Å². The molecule has 0 saturated carbocycles. The van der Waals surface area contributed by atoms with Crippen molar-refractivity contribution in [3.63, 3.8) is 0 Å². The lowest BCUT2D eigenvalue weighted by atomic mass is 10.1. The Morgan fingerprint density at radius 3 is 2.36 bits per heavy atom. The number of halogens is 4. The van der Waals surface area contributed by atoms with E-state index in [1.165, 1.54) is 6.07 Å². The number of hydrogen-bond donors (Lipinski definition) is 1. The van der Waals surface area contributed by atoms with E-state index < -0.39 is 11.7 Å². The Bertz CT molecular complexity index is 502. The molecule has 4 nitrogen and oxygen atoms in total. The molecule has 0 aliphatic carbocycles. The molecule has 1 saturated heterocycles.